The van der Waals surface area contributed by atoms with E-state index in [1.54, 1.807) is 0 Å². The molecule has 5 nitrogen and oxygen atoms in total. The third-order valence-corrected chi connectivity index (χ3v) is 1.90. The molecule has 0 aliphatic carbocycles. The minimum absolute atomic E-state index is 0.102. The second kappa shape index (κ2) is 4.71. The van der Waals surface area contributed by atoms with Crippen LogP contribution in [0.1, 0.15) is 17.3 Å². The van der Waals surface area contributed by atoms with E-state index in [9.17, 15) is 14.0 Å². The summed E-state index contributed by atoms with van der Waals surface area (Å²) in [6.45, 7) is 1.44. The van der Waals surface area contributed by atoms with Crippen molar-refractivity contribution in [3.8, 4) is 0 Å². The molecule has 0 aliphatic rings. The van der Waals surface area contributed by atoms with Crippen LogP contribution in [0, 0.1) is 5.82 Å². The molecule has 1 amide bonds. The number of benzene rings is 1. The lowest BCUT2D eigenvalue weighted by molar-refractivity contribution is -0.117. The number of halogens is 1. The number of amides is 1. The number of carbonyl (C=O) groups excluding carboxylic acids is 1. The first kappa shape index (κ1) is 12.1. The van der Waals surface area contributed by atoms with E-state index in [0.29, 0.717) is 0 Å². The van der Waals surface area contributed by atoms with Gasteiger partial charge in [-0.2, -0.15) is 0 Å². The van der Waals surface area contributed by atoms with Crippen LogP contribution in [0.2, 0.25) is 0 Å². The van der Waals surface area contributed by atoms with Crippen LogP contribution in [0.25, 0.3) is 0 Å². The lowest BCUT2D eigenvalue weighted by Gasteiger charge is -2.10. The molecule has 0 heterocycles. The van der Waals surface area contributed by atoms with Crippen LogP contribution < -0.4 is 11.1 Å². The van der Waals surface area contributed by atoms with Crippen LogP contribution in [-0.2, 0) is 4.79 Å². The van der Waals surface area contributed by atoms with Gasteiger partial charge in [0.1, 0.15) is 11.4 Å². The van der Waals surface area contributed by atoms with Crippen LogP contribution in [0.5, 0.6) is 0 Å². The number of carboxylic acid groups (broad SMARTS) is 1. The van der Waals surface area contributed by atoms with E-state index in [1.165, 1.54) is 19.1 Å². The second-order valence-electron chi connectivity index (χ2n) is 3.25. The van der Waals surface area contributed by atoms with Gasteiger partial charge in [-0.25, -0.2) is 9.18 Å². The van der Waals surface area contributed by atoms with Gasteiger partial charge in [-0.15, -0.1) is 0 Å². The normalized spacial score (nSPS) is 11.9. The molecule has 0 saturated carbocycles. The Morgan fingerprint density at radius 3 is 2.62 bits per heavy atom. The molecule has 1 aromatic rings. The first-order chi connectivity index (χ1) is 7.43. The molecule has 0 saturated heterocycles. The van der Waals surface area contributed by atoms with E-state index in [1.807, 2.05) is 0 Å². The lowest BCUT2D eigenvalue weighted by atomic mass is 10.1. The maximum absolute atomic E-state index is 13.2. The van der Waals surface area contributed by atoms with E-state index in [4.69, 9.17) is 10.8 Å². The molecule has 6 heteroatoms. The smallest absolute Gasteiger partial charge is 0.340 e. The number of hydrogen-bond donors (Lipinski definition) is 3. The number of anilines is 1. The van der Waals surface area contributed by atoms with Crippen molar-refractivity contribution in [2.75, 3.05) is 5.32 Å². The molecule has 1 atom stereocenters. The van der Waals surface area contributed by atoms with Crippen molar-refractivity contribution in [1.29, 1.82) is 0 Å². The predicted octanol–water partition coefficient (Wildman–Crippen LogP) is 0.810. The minimum atomic E-state index is -1.45. The fourth-order valence-corrected chi connectivity index (χ4v) is 1.09. The summed E-state index contributed by atoms with van der Waals surface area (Å²) in [5, 5.41) is 11.0. The van der Waals surface area contributed by atoms with Gasteiger partial charge in [-0.05, 0) is 19.1 Å². The highest BCUT2D eigenvalue weighted by Gasteiger charge is 2.18. The zero-order valence-corrected chi connectivity index (χ0v) is 8.53. The van der Waals surface area contributed by atoms with Gasteiger partial charge in [0.25, 0.3) is 0 Å². The second-order valence-corrected chi connectivity index (χ2v) is 3.25. The fourth-order valence-electron chi connectivity index (χ4n) is 1.09. The summed E-state index contributed by atoms with van der Waals surface area (Å²) in [5.41, 5.74) is 4.62. The summed E-state index contributed by atoms with van der Waals surface area (Å²) < 4.78 is 13.2. The van der Waals surface area contributed by atoms with E-state index < -0.39 is 29.3 Å². The molecule has 0 spiro atoms. The molecule has 0 fully saturated rings. The molecule has 0 radical (unpaired) electrons. The van der Waals surface area contributed by atoms with Gasteiger partial charge in [-0.1, -0.05) is 6.07 Å². The van der Waals surface area contributed by atoms with Crippen LogP contribution in [0.3, 0.4) is 0 Å². The molecular formula is C10H11FN2O3. The van der Waals surface area contributed by atoms with Gasteiger partial charge >= 0.3 is 5.97 Å². The monoisotopic (exact) mass is 226 g/mol. The van der Waals surface area contributed by atoms with Crippen molar-refractivity contribution >= 4 is 17.6 Å². The molecule has 0 bridgehead atoms. The van der Waals surface area contributed by atoms with Crippen molar-refractivity contribution < 1.29 is 19.1 Å². The molecule has 0 aromatic heterocycles. The Balaban J connectivity index is 3.09. The Hall–Kier alpha value is -1.95. The summed E-state index contributed by atoms with van der Waals surface area (Å²) in [6, 6.07) is 2.81. The van der Waals surface area contributed by atoms with E-state index in [-0.39, 0.29) is 5.69 Å². The number of carbonyl (C=O) groups is 2. The van der Waals surface area contributed by atoms with Crippen molar-refractivity contribution in [2.24, 2.45) is 5.73 Å². The predicted molar refractivity (Wildman–Crippen MR) is 55.6 cm³/mol. The van der Waals surface area contributed by atoms with Crippen molar-refractivity contribution in [2.45, 2.75) is 13.0 Å². The topological polar surface area (TPSA) is 92.4 Å². The van der Waals surface area contributed by atoms with Crippen LogP contribution >= 0.6 is 0 Å². The highest BCUT2D eigenvalue weighted by Crippen LogP contribution is 2.18. The number of aromatic carboxylic acids is 1. The largest absolute Gasteiger partial charge is 0.478 e. The summed E-state index contributed by atoms with van der Waals surface area (Å²) in [5.74, 6) is -2.93. The van der Waals surface area contributed by atoms with Gasteiger partial charge in [-0.3, -0.25) is 4.79 Å². The first-order valence-corrected chi connectivity index (χ1v) is 4.51. The van der Waals surface area contributed by atoms with Crippen LogP contribution in [-0.4, -0.2) is 23.0 Å². The zero-order chi connectivity index (χ0) is 12.3. The third-order valence-electron chi connectivity index (χ3n) is 1.90. The van der Waals surface area contributed by atoms with E-state index in [0.717, 1.165) is 6.07 Å². The Bertz CT molecular complexity index is 432. The van der Waals surface area contributed by atoms with Crippen molar-refractivity contribution in [3.63, 3.8) is 0 Å². The lowest BCUT2D eigenvalue weighted by Crippen LogP contribution is -2.33. The molecule has 1 rings (SSSR count). The van der Waals surface area contributed by atoms with Gasteiger partial charge in [0, 0.05) is 0 Å². The highest BCUT2D eigenvalue weighted by molar-refractivity contribution is 6.02. The van der Waals surface area contributed by atoms with E-state index >= 15 is 0 Å². The Morgan fingerprint density at radius 1 is 1.50 bits per heavy atom. The third kappa shape index (κ3) is 2.54. The molecular weight excluding hydrogens is 215 g/mol. The van der Waals surface area contributed by atoms with Crippen molar-refractivity contribution in [3.05, 3.63) is 29.6 Å². The summed E-state index contributed by atoms with van der Waals surface area (Å²) in [7, 11) is 0. The Labute approximate surface area is 91.1 Å². The molecule has 16 heavy (non-hydrogen) atoms. The summed E-state index contributed by atoms with van der Waals surface area (Å²) >= 11 is 0. The highest BCUT2D eigenvalue weighted by atomic mass is 19.1. The SMILES string of the molecule is CC(N)C(=O)Nc1cccc(F)c1C(=O)O. The molecule has 4 N–H and O–H groups in total. The molecule has 1 unspecified atom stereocenters. The maximum Gasteiger partial charge on any atom is 0.340 e. The standard InChI is InChI=1S/C10H11FN2O3/c1-5(12)9(14)13-7-4-2-3-6(11)8(7)10(15)16/h2-5H,12H2,1H3,(H,13,14)(H,15,16). The van der Waals surface area contributed by atoms with Gasteiger partial charge in [0.15, 0.2) is 0 Å². The number of nitrogens with two attached hydrogens (primary N) is 1. The average molecular weight is 226 g/mol. The number of carboxylic acids is 1. The van der Waals surface area contributed by atoms with Gasteiger partial charge < -0.3 is 16.2 Å². The zero-order valence-electron chi connectivity index (χ0n) is 8.53. The minimum Gasteiger partial charge on any atom is -0.478 e. The van der Waals surface area contributed by atoms with Gasteiger partial charge in [0.05, 0.1) is 11.7 Å². The Kier molecular flexibility index (Phi) is 3.57. The summed E-state index contributed by atoms with van der Waals surface area (Å²) in [4.78, 5) is 22.0. The molecule has 1 aromatic carbocycles. The first-order valence-electron chi connectivity index (χ1n) is 4.51. The Morgan fingerprint density at radius 2 is 2.12 bits per heavy atom. The van der Waals surface area contributed by atoms with Crippen LogP contribution in [0.15, 0.2) is 18.2 Å². The fraction of sp³-hybridized carbons (Fsp3) is 0.200. The quantitative estimate of drug-likeness (QED) is 0.711. The molecule has 0 aliphatic heterocycles. The number of hydrogen-bond acceptors (Lipinski definition) is 3. The molecule has 86 valence electrons. The maximum atomic E-state index is 13.2. The average Bonchev–Trinajstić information content (AvgIpc) is 2.16. The summed E-state index contributed by atoms with van der Waals surface area (Å²) in [6.07, 6.45) is 0. The van der Waals surface area contributed by atoms with Crippen molar-refractivity contribution in [1.82, 2.24) is 0 Å². The van der Waals surface area contributed by atoms with Crippen LogP contribution in [0.4, 0.5) is 10.1 Å². The number of nitrogens with one attached hydrogen (secondary N) is 1. The van der Waals surface area contributed by atoms with Gasteiger partial charge in [0.2, 0.25) is 5.91 Å². The number of rotatable bonds is 3. The van der Waals surface area contributed by atoms with E-state index in [2.05, 4.69) is 5.32 Å².